The van der Waals surface area contributed by atoms with Crippen LogP contribution in [0.15, 0.2) is 6.33 Å². The van der Waals surface area contributed by atoms with Gasteiger partial charge >= 0.3 is 0 Å². The number of rotatable bonds is 1. The third kappa shape index (κ3) is 1.17. The van der Waals surface area contributed by atoms with Gasteiger partial charge in [-0.05, 0) is 0 Å². The highest BCUT2D eigenvalue weighted by Crippen LogP contribution is 2.24. The number of fused-ring (bicyclic) bond motifs is 1. The summed E-state index contributed by atoms with van der Waals surface area (Å²) in [5, 5.41) is 17.2. The van der Waals surface area contributed by atoms with Gasteiger partial charge in [0.1, 0.15) is 6.33 Å². The first-order valence-electron chi connectivity index (χ1n) is 4.60. The number of hydroxylamine groups is 2. The molecule has 3 heterocycles. The lowest BCUT2D eigenvalue weighted by Gasteiger charge is -2.05. The fourth-order valence-electron chi connectivity index (χ4n) is 1.83. The van der Waals surface area contributed by atoms with Crippen LogP contribution in [0.5, 0.6) is 0 Å². The molecule has 0 saturated heterocycles. The van der Waals surface area contributed by atoms with Crippen molar-refractivity contribution in [3.05, 3.63) is 17.7 Å². The van der Waals surface area contributed by atoms with E-state index in [0.717, 1.165) is 17.2 Å². The molecule has 15 heavy (non-hydrogen) atoms. The van der Waals surface area contributed by atoms with Gasteiger partial charge in [0.15, 0.2) is 5.82 Å². The Morgan fingerprint density at radius 2 is 2.33 bits per heavy atom. The molecule has 7 heteroatoms. The molecule has 7 nitrogen and oxygen atoms in total. The van der Waals surface area contributed by atoms with Crippen molar-refractivity contribution in [1.29, 1.82) is 0 Å². The van der Waals surface area contributed by atoms with Gasteiger partial charge in [-0.15, -0.1) is 0 Å². The van der Waals surface area contributed by atoms with Crippen LogP contribution in [0.2, 0.25) is 0 Å². The molecule has 0 aromatic carbocycles. The third-order valence-electron chi connectivity index (χ3n) is 2.58. The molecule has 0 amide bonds. The molecule has 2 aromatic heterocycles. The average Bonchev–Trinajstić information content (AvgIpc) is 2.84. The molecule has 1 aliphatic heterocycles. The van der Waals surface area contributed by atoms with E-state index in [1.165, 1.54) is 11.4 Å². The van der Waals surface area contributed by atoms with E-state index in [9.17, 15) is 5.21 Å². The van der Waals surface area contributed by atoms with Gasteiger partial charge in [0.25, 0.3) is 0 Å². The predicted octanol–water partition coefficient (Wildman–Crippen LogP) is -0.0900. The van der Waals surface area contributed by atoms with Crippen molar-refractivity contribution < 1.29 is 5.21 Å². The lowest BCUT2D eigenvalue weighted by atomic mass is 10.4. The maximum Gasteiger partial charge on any atom is 0.216 e. The molecule has 2 N–H and O–H groups in total. The van der Waals surface area contributed by atoms with Gasteiger partial charge in [0, 0.05) is 7.05 Å². The lowest BCUT2D eigenvalue weighted by Crippen LogP contribution is -2.12. The number of aromatic nitrogens is 5. The zero-order chi connectivity index (χ0) is 10.4. The van der Waals surface area contributed by atoms with Gasteiger partial charge in [0.2, 0.25) is 5.82 Å². The van der Waals surface area contributed by atoms with Crippen molar-refractivity contribution in [3.8, 4) is 11.6 Å². The highest BCUT2D eigenvalue weighted by atomic mass is 16.5. The average molecular weight is 206 g/mol. The fourth-order valence-corrected chi connectivity index (χ4v) is 1.83. The number of nitrogens with zero attached hydrogens (tertiary/aromatic N) is 5. The molecule has 3 rings (SSSR count). The third-order valence-corrected chi connectivity index (χ3v) is 2.58. The summed E-state index contributed by atoms with van der Waals surface area (Å²) in [4.78, 5) is 8.45. The van der Waals surface area contributed by atoms with Gasteiger partial charge < -0.3 is 9.77 Å². The summed E-state index contributed by atoms with van der Waals surface area (Å²) in [6.45, 7) is 0.969. The second kappa shape index (κ2) is 2.88. The number of hydrogen-bond donors (Lipinski definition) is 2. The standard InChI is InChI=1S/C8H10N6O/c1-13-6-3-14(15)2-5(6)11-8(13)7-9-4-10-12-7/h4,15H,2-3H2,1H3,(H,9,10,12). The zero-order valence-electron chi connectivity index (χ0n) is 8.17. The Hall–Kier alpha value is -1.73. The summed E-state index contributed by atoms with van der Waals surface area (Å²) >= 11 is 0. The van der Waals surface area contributed by atoms with E-state index in [4.69, 9.17) is 0 Å². The molecule has 0 atom stereocenters. The highest BCUT2D eigenvalue weighted by Gasteiger charge is 2.25. The summed E-state index contributed by atoms with van der Waals surface area (Å²) in [6, 6.07) is 0. The second-order valence-corrected chi connectivity index (χ2v) is 3.53. The van der Waals surface area contributed by atoms with Gasteiger partial charge in [-0.25, -0.2) is 9.97 Å². The number of hydrogen-bond acceptors (Lipinski definition) is 5. The normalized spacial score (nSPS) is 15.9. The molecular weight excluding hydrogens is 196 g/mol. The summed E-state index contributed by atoms with van der Waals surface area (Å²) < 4.78 is 1.91. The summed E-state index contributed by atoms with van der Waals surface area (Å²) in [5.74, 6) is 1.31. The molecule has 0 unspecified atom stereocenters. The summed E-state index contributed by atoms with van der Waals surface area (Å²) in [7, 11) is 1.90. The number of imidazole rings is 1. The van der Waals surface area contributed by atoms with Crippen LogP contribution in [0.4, 0.5) is 0 Å². The lowest BCUT2D eigenvalue weighted by molar-refractivity contribution is -0.0984. The minimum atomic E-state index is 0.466. The van der Waals surface area contributed by atoms with Crippen molar-refractivity contribution in [2.45, 2.75) is 13.1 Å². The SMILES string of the molecule is Cn1c(-c2nc[nH]n2)nc2c1CN(O)C2. The van der Waals surface area contributed by atoms with E-state index in [0.29, 0.717) is 18.9 Å². The Bertz CT molecular complexity index is 487. The Morgan fingerprint density at radius 3 is 3.00 bits per heavy atom. The van der Waals surface area contributed by atoms with Crippen LogP contribution < -0.4 is 0 Å². The Morgan fingerprint density at radius 1 is 1.47 bits per heavy atom. The maximum atomic E-state index is 9.33. The Balaban J connectivity index is 2.10. The minimum Gasteiger partial charge on any atom is -0.327 e. The van der Waals surface area contributed by atoms with Crippen molar-refractivity contribution >= 4 is 0 Å². The van der Waals surface area contributed by atoms with E-state index in [1.54, 1.807) is 0 Å². The molecule has 0 radical (unpaired) electrons. The largest absolute Gasteiger partial charge is 0.327 e. The molecule has 1 aliphatic rings. The molecular formula is C8H10N6O. The number of nitrogens with one attached hydrogen (secondary N) is 1. The molecule has 78 valence electrons. The topological polar surface area (TPSA) is 82.9 Å². The van der Waals surface area contributed by atoms with E-state index in [-0.39, 0.29) is 0 Å². The van der Waals surface area contributed by atoms with Crippen LogP contribution in [0, 0.1) is 0 Å². The molecule has 0 aliphatic carbocycles. The van der Waals surface area contributed by atoms with Gasteiger partial charge in [-0.3, -0.25) is 5.10 Å². The molecule has 0 saturated carbocycles. The van der Waals surface area contributed by atoms with E-state index >= 15 is 0 Å². The second-order valence-electron chi connectivity index (χ2n) is 3.53. The van der Waals surface area contributed by atoms with Gasteiger partial charge in [-0.1, -0.05) is 0 Å². The molecule has 0 spiro atoms. The van der Waals surface area contributed by atoms with Crippen LogP contribution >= 0.6 is 0 Å². The molecule has 2 aromatic rings. The van der Waals surface area contributed by atoms with E-state index < -0.39 is 0 Å². The minimum absolute atomic E-state index is 0.466. The van der Waals surface area contributed by atoms with Gasteiger partial charge in [-0.2, -0.15) is 10.2 Å². The van der Waals surface area contributed by atoms with Crippen molar-refractivity contribution in [1.82, 2.24) is 29.8 Å². The van der Waals surface area contributed by atoms with Crippen LogP contribution in [-0.2, 0) is 20.1 Å². The maximum absolute atomic E-state index is 9.33. The Labute approximate surface area is 85.3 Å². The quantitative estimate of drug-likeness (QED) is 0.681. The molecule has 0 bridgehead atoms. The first-order valence-corrected chi connectivity index (χ1v) is 4.60. The highest BCUT2D eigenvalue weighted by molar-refractivity contribution is 5.46. The fraction of sp³-hybridized carbons (Fsp3) is 0.375. The predicted molar refractivity (Wildman–Crippen MR) is 49.6 cm³/mol. The van der Waals surface area contributed by atoms with Crippen molar-refractivity contribution in [2.75, 3.05) is 0 Å². The van der Waals surface area contributed by atoms with Crippen LogP contribution in [0.25, 0.3) is 11.6 Å². The number of aromatic amines is 1. The summed E-state index contributed by atoms with van der Waals surface area (Å²) in [6.07, 6.45) is 1.52. The summed E-state index contributed by atoms with van der Waals surface area (Å²) in [5.41, 5.74) is 1.90. The monoisotopic (exact) mass is 206 g/mol. The van der Waals surface area contributed by atoms with Crippen molar-refractivity contribution in [3.63, 3.8) is 0 Å². The van der Waals surface area contributed by atoms with Crippen LogP contribution in [-0.4, -0.2) is 35.0 Å². The molecule has 0 fully saturated rings. The zero-order valence-corrected chi connectivity index (χ0v) is 8.17. The number of H-pyrrole nitrogens is 1. The van der Waals surface area contributed by atoms with Crippen molar-refractivity contribution in [2.24, 2.45) is 7.05 Å². The van der Waals surface area contributed by atoms with Crippen LogP contribution in [0.1, 0.15) is 11.4 Å². The first-order chi connectivity index (χ1) is 7.25. The van der Waals surface area contributed by atoms with Gasteiger partial charge in [0.05, 0.1) is 24.5 Å². The van der Waals surface area contributed by atoms with E-state index in [2.05, 4.69) is 20.2 Å². The first kappa shape index (κ1) is 8.57. The Kier molecular flexibility index (Phi) is 1.64. The smallest absolute Gasteiger partial charge is 0.216 e. The van der Waals surface area contributed by atoms with Crippen LogP contribution in [0.3, 0.4) is 0 Å². The van der Waals surface area contributed by atoms with E-state index in [1.807, 2.05) is 11.6 Å².